The van der Waals surface area contributed by atoms with Crippen LogP contribution >= 0.6 is 0 Å². The lowest BCUT2D eigenvalue weighted by molar-refractivity contribution is -0.137. The van der Waals surface area contributed by atoms with Crippen LogP contribution in [0.2, 0.25) is 0 Å². The molecule has 5 atom stereocenters. The molecule has 0 spiro atoms. The van der Waals surface area contributed by atoms with Gasteiger partial charge in [0.15, 0.2) is 0 Å². The molecule has 3 aromatic rings. The summed E-state index contributed by atoms with van der Waals surface area (Å²) >= 11 is 0. The molecule has 0 aliphatic heterocycles. The monoisotopic (exact) mass is 496 g/mol. The minimum absolute atomic E-state index is 0.0351. The first kappa shape index (κ1) is 25.7. The summed E-state index contributed by atoms with van der Waals surface area (Å²) in [6, 6.07) is 27.1. The van der Waals surface area contributed by atoms with Gasteiger partial charge in [-0.25, -0.2) is 0 Å². The maximum Gasteiger partial charge on any atom is 0.141 e. The summed E-state index contributed by atoms with van der Waals surface area (Å²) in [5.41, 5.74) is 4.86. The first-order valence-electron chi connectivity index (χ1n) is 14.1. The van der Waals surface area contributed by atoms with Crippen molar-refractivity contribution in [1.82, 2.24) is 0 Å². The van der Waals surface area contributed by atoms with E-state index in [1.54, 1.807) is 0 Å². The van der Waals surface area contributed by atoms with Crippen LogP contribution in [0.15, 0.2) is 78.9 Å². The molecule has 0 radical (unpaired) electrons. The van der Waals surface area contributed by atoms with Crippen LogP contribution in [0.25, 0.3) is 0 Å². The highest BCUT2D eigenvalue weighted by molar-refractivity contribution is 5.88. The summed E-state index contributed by atoms with van der Waals surface area (Å²) < 4.78 is 12.6. The van der Waals surface area contributed by atoms with Gasteiger partial charge in [-0.1, -0.05) is 87.5 Å². The van der Waals surface area contributed by atoms with E-state index in [4.69, 9.17) is 9.47 Å². The highest BCUT2D eigenvalue weighted by Crippen LogP contribution is 2.60. The summed E-state index contributed by atoms with van der Waals surface area (Å²) in [6.07, 6.45) is 5.12. The maximum absolute atomic E-state index is 13.7. The molecule has 0 N–H and O–H groups in total. The van der Waals surface area contributed by atoms with Crippen LogP contribution < -0.4 is 4.74 Å². The summed E-state index contributed by atoms with van der Waals surface area (Å²) in [7, 11) is 0. The van der Waals surface area contributed by atoms with Crippen molar-refractivity contribution in [1.29, 1.82) is 0 Å². The van der Waals surface area contributed by atoms with Crippen LogP contribution in [0.1, 0.15) is 74.6 Å². The Morgan fingerprint density at radius 3 is 2.22 bits per heavy atom. The molecule has 2 saturated carbocycles. The van der Waals surface area contributed by atoms with Gasteiger partial charge in [0.1, 0.15) is 18.1 Å². The van der Waals surface area contributed by atoms with Gasteiger partial charge in [-0.15, -0.1) is 0 Å². The van der Waals surface area contributed by atoms with Gasteiger partial charge in [0, 0.05) is 17.8 Å². The topological polar surface area (TPSA) is 35.5 Å². The fourth-order valence-corrected chi connectivity index (χ4v) is 7.21. The third-order valence-electron chi connectivity index (χ3n) is 8.91. The molecule has 3 heteroatoms. The molecule has 6 rings (SSSR count). The largest absolute Gasteiger partial charge is 0.489 e. The minimum Gasteiger partial charge on any atom is -0.489 e. The lowest BCUT2D eigenvalue weighted by Crippen LogP contribution is -2.48. The molecule has 0 bridgehead atoms. The van der Waals surface area contributed by atoms with Gasteiger partial charge < -0.3 is 9.47 Å². The number of ketones is 1. The number of hydrogen-bond donors (Lipinski definition) is 0. The Balaban J connectivity index is 0.00000137. The van der Waals surface area contributed by atoms with Gasteiger partial charge in [-0.2, -0.15) is 0 Å². The second kappa shape index (κ2) is 11.2. The molecule has 3 nitrogen and oxygen atoms in total. The highest BCUT2D eigenvalue weighted by atomic mass is 16.5. The van der Waals surface area contributed by atoms with E-state index in [0.717, 1.165) is 37.0 Å². The molecule has 3 aromatic carbocycles. The molecule has 2 fully saturated rings. The Morgan fingerprint density at radius 2 is 1.51 bits per heavy atom. The highest BCUT2D eigenvalue weighted by Gasteiger charge is 2.58. The van der Waals surface area contributed by atoms with E-state index in [1.807, 2.05) is 38.1 Å². The average molecular weight is 497 g/mol. The number of benzene rings is 3. The third-order valence-corrected chi connectivity index (χ3v) is 8.91. The van der Waals surface area contributed by atoms with Crippen LogP contribution in [-0.4, -0.2) is 11.9 Å². The SMILES string of the molecule is CC.CC12CC(=O)C3c4ccc(OCc5ccccc5)cc4CCC3C1CCC2OCc1ccccc1. The van der Waals surface area contributed by atoms with Crippen molar-refractivity contribution in [3.63, 3.8) is 0 Å². The van der Waals surface area contributed by atoms with E-state index in [-0.39, 0.29) is 17.4 Å². The minimum atomic E-state index is -0.0523. The zero-order chi connectivity index (χ0) is 25.8. The van der Waals surface area contributed by atoms with Crippen LogP contribution in [0.3, 0.4) is 0 Å². The molecule has 3 aliphatic rings. The Kier molecular flexibility index (Phi) is 7.81. The summed E-state index contributed by atoms with van der Waals surface area (Å²) in [6.45, 7) is 7.52. The van der Waals surface area contributed by atoms with Gasteiger partial charge >= 0.3 is 0 Å². The molecule has 5 unspecified atom stereocenters. The number of Topliss-reactive ketones (excluding diaryl/α,β-unsaturated/α-hetero) is 1. The molecule has 194 valence electrons. The molecule has 0 heterocycles. The zero-order valence-corrected chi connectivity index (χ0v) is 22.5. The van der Waals surface area contributed by atoms with Crippen molar-refractivity contribution in [2.45, 2.75) is 78.1 Å². The molecular formula is C34H40O3. The number of fused-ring (bicyclic) bond motifs is 5. The Bertz CT molecular complexity index is 1190. The molecule has 3 aliphatic carbocycles. The number of rotatable bonds is 6. The first-order valence-corrected chi connectivity index (χ1v) is 14.1. The lowest BCUT2D eigenvalue weighted by atomic mass is 9.55. The predicted octanol–water partition coefficient (Wildman–Crippen LogP) is 7.91. The predicted molar refractivity (Wildman–Crippen MR) is 149 cm³/mol. The van der Waals surface area contributed by atoms with E-state index in [9.17, 15) is 4.79 Å². The summed E-state index contributed by atoms with van der Waals surface area (Å²) in [5, 5.41) is 0. The maximum atomic E-state index is 13.7. The number of carbonyl (C=O) groups is 1. The van der Waals surface area contributed by atoms with Crippen molar-refractivity contribution >= 4 is 5.78 Å². The fraction of sp³-hybridized carbons (Fsp3) is 0.441. The van der Waals surface area contributed by atoms with Crippen LogP contribution in [-0.2, 0) is 29.2 Å². The Morgan fingerprint density at radius 1 is 0.838 bits per heavy atom. The lowest BCUT2D eigenvalue weighted by Gasteiger charge is -2.49. The Hall–Kier alpha value is -2.91. The number of hydrogen-bond acceptors (Lipinski definition) is 3. The van der Waals surface area contributed by atoms with Gasteiger partial charge in [0.25, 0.3) is 0 Å². The second-order valence-corrected chi connectivity index (χ2v) is 10.9. The summed E-state index contributed by atoms with van der Waals surface area (Å²) in [5.74, 6) is 2.31. The molecule has 0 amide bonds. The van der Waals surface area contributed by atoms with Gasteiger partial charge in [0.2, 0.25) is 0 Å². The van der Waals surface area contributed by atoms with Gasteiger partial charge in [-0.05, 0) is 71.9 Å². The Labute approximate surface area is 222 Å². The van der Waals surface area contributed by atoms with Gasteiger partial charge in [0.05, 0.1) is 12.7 Å². The molecule has 37 heavy (non-hydrogen) atoms. The fourth-order valence-electron chi connectivity index (χ4n) is 7.21. The molecule has 0 saturated heterocycles. The molecule has 0 aromatic heterocycles. The van der Waals surface area contributed by atoms with E-state index in [1.165, 1.54) is 16.7 Å². The third kappa shape index (κ3) is 5.11. The number of ether oxygens (including phenoxy) is 2. The van der Waals surface area contributed by atoms with E-state index >= 15 is 0 Å². The van der Waals surface area contributed by atoms with E-state index in [0.29, 0.717) is 37.3 Å². The van der Waals surface area contributed by atoms with Gasteiger partial charge in [-0.3, -0.25) is 4.79 Å². The first-order chi connectivity index (χ1) is 18.1. The van der Waals surface area contributed by atoms with Crippen LogP contribution in [0, 0.1) is 17.3 Å². The standard InChI is InChI=1S/C32H34O3.C2H6/c1-32-19-29(33)31-26-15-13-25(34-20-22-8-4-2-5-9-22)18-24(26)12-14-27(31)28(32)16-17-30(32)35-21-23-10-6-3-7-11-23;1-2/h2-11,13,15,18,27-28,30-31H,12,14,16-17,19-21H2,1H3;1-2H3. The number of aryl methyl sites for hydroxylation is 1. The van der Waals surface area contributed by atoms with Crippen molar-refractivity contribution < 1.29 is 14.3 Å². The average Bonchev–Trinajstić information content (AvgIpc) is 3.28. The zero-order valence-electron chi connectivity index (χ0n) is 22.5. The second-order valence-electron chi connectivity index (χ2n) is 10.9. The van der Waals surface area contributed by atoms with E-state index in [2.05, 4.69) is 61.5 Å². The smallest absolute Gasteiger partial charge is 0.141 e. The van der Waals surface area contributed by atoms with Crippen molar-refractivity contribution in [3.05, 3.63) is 101 Å². The van der Waals surface area contributed by atoms with E-state index < -0.39 is 0 Å². The molecular weight excluding hydrogens is 456 g/mol. The number of carbonyl (C=O) groups excluding carboxylic acids is 1. The quantitative estimate of drug-likeness (QED) is 0.348. The van der Waals surface area contributed by atoms with Crippen molar-refractivity contribution in [3.8, 4) is 5.75 Å². The normalized spacial score (nSPS) is 27.8. The van der Waals surface area contributed by atoms with Crippen molar-refractivity contribution in [2.75, 3.05) is 0 Å². The van der Waals surface area contributed by atoms with Crippen molar-refractivity contribution in [2.24, 2.45) is 17.3 Å². The van der Waals surface area contributed by atoms with Crippen LogP contribution in [0.4, 0.5) is 0 Å². The summed E-state index contributed by atoms with van der Waals surface area (Å²) in [4.78, 5) is 13.7. The van der Waals surface area contributed by atoms with Crippen LogP contribution in [0.5, 0.6) is 5.75 Å².